The number of carboxylic acids is 1. The zero-order valence-corrected chi connectivity index (χ0v) is 49.2. The third-order valence-corrected chi connectivity index (χ3v) is 12.8. The van der Waals surface area contributed by atoms with Gasteiger partial charge in [-0.1, -0.05) is 115 Å². The summed E-state index contributed by atoms with van der Waals surface area (Å²) in [7, 11) is 2.80. The van der Waals surface area contributed by atoms with E-state index in [2.05, 4.69) is 36.6 Å². The van der Waals surface area contributed by atoms with Gasteiger partial charge in [-0.3, -0.25) is 0 Å². The van der Waals surface area contributed by atoms with Crippen molar-refractivity contribution in [3.05, 3.63) is 240 Å². The molecule has 7 rings (SSSR count). The highest BCUT2D eigenvalue weighted by Crippen LogP contribution is 2.31. The topological polar surface area (TPSA) is 205 Å². The van der Waals surface area contributed by atoms with Crippen LogP contribution in [0.25, 0.3) is 11.6 Å². The van der Waals surface area contributed by atoms with Crippen molar-refractivity contribution in [2.75, 3.05) is 21.3 Å². The summed E-state index contributed by atoms with van der Waals surface area (Å²) >= 11 is 6.52. The Balaban J connectivity index is 0.000000273. The number of methoxy groups -OCH3 is 3. The maximum Gasteiger partial charge on any atom is 0.483 e. The summed E-state index contributed by atoms with van der Waals surface area (Å²) in [6.45, 7) is 10.7. The molecule has 0 aliphatic heterocycles. The second-order valence-corrected chi connectivity index (χ2v) is 18.8. The van der Waals surface area contributed by atoms with Crippen molar-refractivity contribution in [2.24, 2.45) is 0 Å². The van der Waals surface area contributed by atoms with E-state index in [0.717, 1.165) is 49.4 Å². The molecule has 1 aliphatic carbocycles. The lowest BCUT2D eigenvalue weighted by atomic mass is 9.81. The molecule has 0 aromatic heterocycles. The summed E-state index contributed by atoms with van der Waals surface area (Å²) < 4.78 is 32.7. The molecule has 420 valence electrons. The van der Waals surface area contributed by atoms with Crippen LogP contribution in [0, 0.1) is 0 Å². The molecule has 0 saturated heterocycles. The van der Waals surface area contributed by atoms with Crippen LogP contribution in [0.5, 0.6) is 17.2 Å². The van der Waals surface area contributed by atoms with Crippen LogP contribution in [0.1, 0.15) is 106 Å². The molecule has 4 N–H and O–H groups in total. The normalized spacial score (nSPS) is 11.7. The number of hydrogen-bond acceptors (Lipinski definition) is 13. The number of benzene rings is 6. The van der Waals surface area contributed by atoms with Gasteiger partial charge in [0.05, 0.1) is 47.0 Å². The summed E-state index contributed by atoms with van der Waals surface area (Å²) in [5.74, 6) is 0.420. The summed E-state index contributed by atoms with van der Waals surface area (Å²) in [5.41, 5.74) is 8.38. The molecule has 0 bridgehead atoms. The first-order valence-corrected chi connectivity index (χ1v) is 26.6. The van der Waals surface area contributed by atoms with E-state index in [-0.39, 0.29) is 23.3 Å². The number of carbonyl (C=O) groups excluding carboxylic acids is 3. The standard InChI is InChI=1S/2C18H18O3.C15H15BrO3.C8H7BrO3.C4H9BO2/c1-3-13(2)16-11-15(18(19)20)9-10-17(16)21-12-14-7-5-4-6-8-14;1-3-7-15-12-16(18(19)20-2)10-11-17(15)21-13-14-8-5-4-6-9-14;1-18-15(17)12-7-8-14(13(16)9-12)19-10-11-5-3-2-4-6-11;1-12-8(11)5-2-3-7(10)6(9)4-5;1-3-4(2)5(6)7/h3-11H,12H2,1-2H3,(H,19,20);3-12H,13H2,1-2H3;2-6,9H,7-8,10H2,1H3;2-4,10H,1H3;3,6-7H,1-2H3/b13-3-;7-3-;;;4-3-. The Kier molecular flexibility index (Phi) is 30.1. The van der Waals surface area contributed by atoms with Crippen molar-refractivity contribution in [2.45, 2.75) is 67.3 Å². The van der Waals surface area contributed by atoms with E-state index >= 15 is 0 Å². The Morgan fingerprint density at radius 3 is 1.49 bits per heavy atom. The van der Waals surface area contributed by atoms with Gasteiger partial charge in [0, 0.05) is 23.1 Å². The zero-order chi connectivity index (χ0) is 59.0. The highest BCUT2D eigenvalue weighted by atomic mass is 79.9. The molecular weight excluding hydrogens is 1150 g/mol. The summed E-state index contributed by atoms with van der Waals surface area (Å²) in [6, 6.07) is 44.4. The van der Waals surface area contributed by atoms with Crippen LogP contribution in [-0.4, -0.2) is 72.6 Å². The number of esters is 3. The van der Waals surface area contributed by atoms with Crippen molar-refractivity contribution in [1.29, 1.82) is 0 Å². The minimum atomic E-state index is -1.27. The second kappa shape index (κ2) is 36.3. The van der Waals surface area contributed by atoms with Crippen LogP contribution in [0.2, 0.25) is 0 Å². The number of allylic oxidation sites excluding steroid dienone is 8. The fraction of sp³-hybridized carbons (Fsp3) is 0.206. The van der Waals surface area contributed by atoms with E-state index in [4.69, 9.17) is 43.9 Å². The Bertz CT molecular complexity index is 3100. The van der Waals surface area contributed by atoms with E-state index in [9.17, 15) is 19.2 Å². The smallest absolute Gasteiger partial charge is 0.483 e. The van der Waals surface area contributed by atoms with E-state index in [1.54, 1.807) is 62.4 Å². The fourth-order valence-electron chi connectivity index (χ4n) is 6.71. The van der Waals surface area contributed by atoms with Gasteiger partial charge in [-0.15, -0.1) is 0 Å². The van der Waals surface area contributed by atoms with Gasteiger partial charge in [0.25, 0.3) is 0 Å². The zero-order valence-electron chi connectivity index (χ0n) is 46.0. The lowest BCUT2D eigenvalue weighted by Crippen LogP contribution is -2.12. The molecule has 0 atom stereocenters. The van der Waals surface area contributed by atoms with Crippen molar-refractivity contribution < 1.29 is 67.9 Å². The van der Waals surface area contributed by atoms with Crippen molar-refractivity contribution >= 4 is 74.5 Å². The second-order valence-electron chi connectivity index (χ2n) is 17.1. The van der Waals surface area contributed by atoms with Crippen molar-refractivity contribution in [3.63, 3.8) is 0 Å². The van der Waals surface area contributed by atoms with Gasteiger partial charge < -0.3 is 48.7 Å². The van der Waals surface area contributed by atoms with Gasteiger partial charge >= 0.3 is 31.0 Å². The predicted octanol–water partition coefficient (Wildman–Crippen LogP) is 14.1. The third-order valence-electron chi connectivity index (χ3n) is 11.5. The predicted molar refractivity (Wildman–Crippen MR) is 320 cm³/mol. The number of ether oxygens (including phenoxy) is 6. The fourth-order valence-corrected chi connectivity index (χ4v) is 7.68. The number of phenolic OH excluding ortho intramolecular Hbond substituents is 1. The molecule has 14 nitrogen and oxygen atoms in total. The van der Waals surface area contributed by atoms with Crippen LogP contribution >= 0.6 is 31.9 Å². The van der Waals surface area contributed by atoms with E-state index in [0.29, 0.717) is 65.1 Å². The number of carboxylic acid groups (broad SMARTS) is 1. The monoisotopic (exact) mass is 1220 g/mol. The van der Waals surface area contributed by atoms with Gasteiger partial charge in [-0.2, -0.15) is 0 Å². The Morgan fingerprint density at radius 1 is 0.575 bits per heavy atom. The third kappa shape index (κ3) is 23.2. The van der Waals surface area contributed by atoms with Crippen molar-refractivity contribution in [3.8, 4) is 17.2 Å². The Morgan fingerprint density at radius 2 is 1.05 bits per heavy atom. The van der Waals surface area contributed by atoms with Gasteiger partial charge in [-0.25, -0.2) is 19.2 Å². The maximum atomic E-state index is 11.6. The first kappa shape index (κ1) is 66.3. The summed E-state index contributed by atoms with van der Waals surface area (Å²) in [4.78, 5) is 45.0. The first-order chi connectivity index (χ1) is 38.4. The van der Waals surface area contributed by atoms with E-state index in [1.807, 2.05) is 130 Å². The Hall–Kier alpha value is -7.96. The molecular formula is C63H67BBr2O14. The number of hydrogen-bond donors (Lipinski definition) is 4. The molecule has 6 aromatic rings. The molecule has 0 saturated carbocycles. The number of aromatic carboxylic acids is 1. The highest BCUT2D eigenvalue weighted by molar-refractivity contribution is 9.12. The quantitative estimate of drug-likeness (QED) is 0.0404. The number of carbonyl (C=O) groups is 4. The van der Waals surface area contributed by atoms with Crippen LogP contribution in [0.4, 0.5) is 0 Å². The molecule has 17 heteroatoms. The summed E-state index contributed by atoms with van der Waals surface area (Å²) in [6.07, 6.45) is 10.5. The molecule has 0 radical (unpaired) electrons. The van der Waals surface area contributed by atoms with Gasteiger partial charge in [0.2, 0.25) is 0 Å². The number of aromatic hydroxyl groups is 1. The first-order valence-electron chi connectivity index (χ1n) is 25.0. The minimum absolute atomic E-state index is 0.0997. The average Bonchev–Trinajstić information content (AvgIpc) is 3.49. The number of phenols is 1. The molecule has 0 unspecified atom stereocenters. The number of rotatable bonds is 16. The average molecular weight is 1220 g/mol. The molecule has 1 aliphatic rings. The largest absolute Gasteiger partial charge is 0.507 e. The lowest BCUT2D eigenvalue weighted by Gasteiger charge is -2.17. The van der Waals surface area contributed by atoms with E-state index in [1.165, 1.54) is 39.5 Å². The van der Waals surface area contributed by atoms with E-state index < -0.39 is 19.1 Å². The van der Waals surface area contributed by atoms with Gasteiger partial charge in [0.1, 0.15) is 42.8 Å². The van der Waals surface area contributed by atoms with Crippen molar-refractivity contribution in [1.82, 2.24) is 0 Å². The SMILES string of the molecule is C/C=C(/C)B(O)O.C/C=C(/C)c1cc(C(=O)O)ccc1OCc1ccccc1.C/C=C\c1cc(C(=O)OC)ccc1OCc1ccccc1.COC(=O)C1=CC(Br)=C(OCc2ccccc2)CC1.COC(=O)c1ccc(O)c(Br)c1. The van der Waals surface area contributed by atoms with Gasteiger partial charge in [-0.05, 0) is 161 Å². The number of halogens is 2. The molecule has 0 fully saturated rings. The molecule has 0 amide bonds. The summed E-state index contributed by atoms with van der Waals surface area (Å²) in [5, 5.41) is 34.8. The Labute approximate surface area is 485 Å². The molecule has 80 heavy (non-hydrogen) atoms. The highest BCUT2D eigenvalue weighted by Gasteiger charge is 2.19. The van der Waals surface area contributed by atoms with Gasteiger partial charge in [0.15, 0.2) is 0 Å². The van der Waals surface area contributed by atoms with Crippen LogP contribution in [0.15, 0.2) is 196 Å². The minimum Gasteiger partial charge on any atom is -0.507 e. The lowest BCUT2D eigenvalue weighted by molar-refractivity contribution is -0.136. The maximum absolute atomic E-state index is 11.6. The van der Waals surface area contributed by atoms with Crippen LogP contribution < -0.4 is 9.47 Å². The molecule has 0 spiro atoms. The molecule has 0 heterocycles. The molecule has 6 aromatic carbocycles. The van der Waals surface area contributed by atoms with Crippen LogP contribution in [0.3, 0.4) is 0 Å². The van der Waals surface area contributed by atoms with Crippen LogP contribution in [-0.2, 0) is 43.6 Å².